The fourth-order valence-corrected chi connectivity index (χ4v) is 4.60. The standard InChI is InChI=1S/C20H20FNO5S/c1-3-12(2)18(19(21)23)22-20(24)27-11-14-10-16-15-7-5-4-6-13(15)8-9-17(16)28(14,25)26/h4-10,12,18H,3,11H2,1-2H3,(H,22,24)/t12-,18-/m0/s1. The van der Waals surface area contributed by atoms with E-state index in [2.05, 4.69) is 5.32 Å². The maximum absolute atomic E-state index is 13.1. The molecule has 2 aromatic rings. The third kappa shape index (κ3) is 3.64. The lowest BCUT2D eigenvalue weighted by molar-refractivity contribution is -0.132. The van der Waals surface area contributed by atoms with Crippen LogP contribution < -0.4 is 5.32 Å². The predicted molar refractivity (Wildman–Crippen MR) is 103 cm³/mol. The smallest absolute Gasteiger partial charge is 0.408 e. The first-order valence-electron chi connectivity index (χ1n) is 8.85. The molecule has 0 fully saturated rings. The molecular formula is C20H20FNO5S. The number of carbonyl (C=O) groups excluding carboxylic acids is 2. The van der Waals surface area contributed by atoms with Crippen molar-refractivity contribution >= 4 is 38.8 Å². The number of fused-ring (bicyclic) bond motifs is 3. The monoisotopic (exact) mass is 405 g/mol. The zero-order chi connectivity index (χ0) is 20.5. The van der Waals surface area contributed by atoms with Crippen LogP contribution in [0.5, 0.6) is 0 Å². The summed E-state index contributed by atoms with van der Waals surface area (Å²) in [7, 11) is -3.78. The van der Waals surface area contributed by atoms with Crippen LogP contribution in [0.15, 0.2) is 46.2 Å². The van der Waals surface area contributed by atoms with Gasteiger partial charge in [0.25, 0.3) is 0 Å². The second-order valence-corrected chi connectivity index (χ2v) is 8.67. The summed E-state index contributed by atoms with van der Waals surface area (Å²) >= 11 is 0. The van der Waals surface area contributed by atoms with Gasteiger partial charge in [-0.05, 0) is 28.8 Å². The minimum Gasteiger partial charge on any atom is -0.444 e. The number of hydrogen-bond donors (Lipinski definition) is 1. The Morgan fingerprint density at radius 1 is 1.18 bits per heavy atom. The summed E-state index contributed by atoms with van der Waals surface area (Å²) in [5, 5.41) is 3.84. The molecule has 8 heteroatoms. The number of amides is 1. The summed E-state index contributed by atoms with van der Waals surface area (Å²) < 4.78 is 43.6. The van der Waals surface area contributed by atoms with Crippen LogP contribution in [0.4, 0.5) is 9.18 Å². The molecule has 0 spiro atoms. The molecule has 1 aliphatic heterocycles. The van der Waals surface area contributed by atoms with Crippen molar-refractivity contribution in [1.29, 1.82) is 0 Å². The molecule has 0 saturated carbocycles. The Morgan fingerprint density at radius 3 is 2.57 bits per heavy atom. The highest BCUT2D eigenvalue weighted by molar-refractivity contribution is 7.95. The molecule has 0 bridgehead atoms. The molecule has 2 aromatic carbocycles. The molecule has 0 aliphatic carbocycles. The molecule has 2 atom stereocenters. The molecule has 1 heterocycles. The highest BCUT2D eigenvalue weighted by Gasteiger charge is 2.32. The first-order valence-corrected chi connectivity index (χ1v) is 10.3. The zero-order valence-electron chi connectivity index (χ0n) is 15.4. The van der Waals surface area contributed by atoms with Crippen LogP contribution in [-0.4, -0.2) is 33.2 Å². The molecule has 1 aliphatic rings. The Labute approximate surface area is 162 Å². The van der Waals surface area contributed by atoms with Gasteiger partial charge in [0.05, 0.1) is 9.80 Å². The summed E-state index contributed by atoms with van der Waals surface area (Å²) in [6, 6.07) is 7.62. The maximum Gasteiger partial charge on any atom is 0.408 e. The number of sulfone groups is 1. The van der Waals surface area contributed by atoms with Gasteiger partial charge < -0.3 is 10.1 Å². The quantitative estimate of drug-likeness (QED) is 0.742. The minimum atomic E-state index is -3.78. The summed E-state index contributed by atoms with van der Waals surface area (Å²) in [4.78, 5) is 23.1. The number of halogens is 1. The van der Waals surface area contributed by atoms with Gasteiger partial charge in [-0.2, -0.15) is 4.39 Å². The summed E-state index contributed by atoms with van der Waals surface area (Å²) in [6.07, 6.45) is 0.906. The van der Waals surface area contributed by atoms with E-state index in [1.165, 1.54) is 12.1 Å². The average Bonchev–Trinajstić information content (AvgIpc) is 2.94. The molecule has 0 saturated heterocycles. The zero-order valence-corrected chi connectivity index (χ0v) is 16.3. The SMILES string of the molecule is CC[C@H](C)[C@H](NC(=O)OCC1=Cc2c(ccc3ccccc23)S1(=O)=O)C(=O)F. The van der Waals surface area contributed by atoms with E-state index in [0.29, 0.717) is 12.0 Å². The molecule has 148 valence electrons. The summed E-state index contributed by atoms with van der Waals surface area (Å²) in [6.45, 7) is 2.87. The minimum absolute atomic E-state index is 0.0688. The number of ether oxygens (including phenoxy) is 1. The lowest BCUT2D eigenvalue weighted by Gasteiger charge is -2.19. The third-order valence-corrected chi connectivity index (χ3v) is 6.81. The molecular weight excluding hydrogens is 385 g/mol. The first kappa shape index (κ1) is 20.0. The topological polar surface area (TPSA) is 89.5 Å². The molecule has 0 unspecified atom stereocenters. The van der Waals surface area contributed by atoms with Crippen molar-refractivity contribution in [2.45, 2.75) is 31.2 Å². The van der Waals surface area contributed by atoms with Crippen molar-refractivity contribution in [1.82, 2.24) is 5.32 Å². The molecule has 0 radical (unpaired) electrons. The van der Waals surface area contributed by atoms with Crippen molar-refractivity contribution < 1.29 is 27.1 Å². The number of alkyl carbamates (subject to hydrolysis) is 1. The maximum atomic E-state index is 13.1. The molecule has 0 aromatic heterocycles. The van der Waals surface area contributed by atoms with Crippen molar-refractivity contribution in [3.63, 3.8) is 0 Å². The van der Waals surface area contributed by atoms with Crippen molar-refractivity contribution in [2.75, 3.05) is 6.61 Å². The number of nitrogens with one attached hydrogen (secondary N) is 1. The highest BCUT2D eigenvalue weighted by atomic mass is 32.2. The van der Waals surface area contributed by atoms with Gasteiger partial charge in [0.2, 0.25) is 9.84 Å². The van der Waals surface area contributed by atoms with Crippen LogP contribution in [0.3, 0.4) is 0 Å². The number of benzene rings is 2. The van der Waals surface area contributed by atoms with E-state index in [1.807, 2.05) is 24.3 Å². The van der Waals surface area contributed by atoms with Gasteiger partial charge >= 0.3 is 12.1 Å². The summed E-state index contributed by atoms with van der Waals surface area (Å²) in [5.41, 5.74) is 0.550. The van der Waals surface area contributed by atoms with Crippen LogP contribution in [0.1, 0.15) is 25.8 Å². The van der Waals surface area contributed by atoms with Gasteiger partial charge in [-0.1, -0.05) is 50.6 Å². The Hall–Kier alpha value is -2.74. The van der Waals surface area contributed by atoms with E-state index in [-0.39, 0.29) is 9.80 Å². The van der Waals surface area contributed by atoms with Crippen LogP contribution in [0.2, 0.25) is 0 Å². The Balaban J connectivity index is 1.78. The largest absolute Gasteiger partial charge is 0.444 e. The highest BCUT2D eigenvalue weighted by Crippen LogP contribution is 2.37. The van der Waals surface area contributed by atoms with Crippen LogP contribution in [-0.2, 0) is 19.4 Å². The molecule has 1 N–H and O–H groups in total. The second kappa shape index (κ2) is 7.71. The van der Waals surface area contributed by atoms with Crippen molar-refractivity contribution in [3.05, 3.63) is 46.9 Å². The lowest BCUT2D eigenvalue weighted by atomic mass is 10.0. The third-order valence-electron chi connectivity index (χ3n) is 4.95. The van der Waals surface area contributed by atoms with Crippen LogP contribution >= 0.6 is 0 Å². The normalized spacial score (nSPS) is 16.8. The fourth-order valence-electron chi connectivity index (χ4n) is 3.12. The van der Waals surface area contributed by atoms with Gasteiger partial charge in [-0.25, -0.2) is 13.2 Å². The Kier molecular flexibility index (Phi) is 5.51. The van der Waals surface area contributed by atoms with E-state index < -0.39 is 40.5 Å². The van der Waals surface area contributed by atoms with Crippen LogP contribution in [0, 0.1) is 5.92 Å². The lowest BCUT2D eigenvalue weighted by Crippen LogP contribution is -2.44. The van der Waals surface area contributed by atoms with Crippen LogP contribution in [0.25, 0.3) is 16.8 Å². The van der Waals surface area contributed by atoms with E-state index in [4.69, 9.17) is 4.74 Å². The number of rotatable bonds is 6. The molecule has 1 amide bonds. The Bertz CT molecular complexity index is 1080. The number of hydrogen-bond acceptors (Lipinski definition) is 5. The first-order chi connectivity index (χ1) is 13.3. The van der Waals surface area contributed by atoms with E-state index in [9.17, 15) is 22.4 Å². The second-order valence-electron chi connectivity index (χ2n) is 6.70. The molecule has 28 heavy (non-hydrogen) atoms. The number of carbonyl (C=O) groups is 2. The Morgan fingerprint density at radius 2 is 1.89 bits per heavy atom. The average molecular weight is 405 g/mol. The summed E-state index contributed by atoms with van der Waals surface area (Å²) in [5.74, 6) is -0.421. The predicted octanol–water partition coefficient (Wildman–Crippen LogP) is 3.61. The molecule has 6 nitrogen and oxygen atoms in total. The van der Waals surface area contributed by atoms with Crippen molar-refractivity contribution in [2.24, 2.45) is 5.92 Å². The van der Waals surface area contributed by atoms with Crippen molar-refractivity contribution in [3.8, 4) is 0 Å². The van der Waals surface area contributed by atoms with Gasteiger partial charge in [-0.15, -0.1) is 0 Å². The van der Waals surface area contributed by atoms with Gasteiger partial charge in [0.15, 0.2) is 0 Å². The van der Waals surface area contributed by atoms with Gasteiger partial charge in [0.1, 0.15) is 12.6 Å². The molecule has 3 rings (SSSR count). The van der Waals surface area contributed by atoms with E-state index >= 15 is 0 Å². The fraction of sp³-hybridized carbons (Fsp3) is 0.300. The van der Waals surface area contributed by atoms with E-state index in [0.717, 1.165) is 10.8 Å². The van der Waals surface area contributed by atoms with Gasteiger partial charge in [-0.3, -0.25) is 4.79 Å². The van der Waals surface area contributed by atoms with E-state index in [1.54, 1.807) is 19.9 Å². The van der Waals surface area contributed by atoms with Gasteiger partial charge in [0, 0.05) is 5.56 Å².